The molecular formula is C8H10N4O2S2. The van der Waals surface area contributed by atoms with Gasteiger partial charge in [-0.3, -0.25) is 9.82 Å². The van der Waals surface area contributed by atoms with E-state index in [4.69, 9.17) is 0 Å². The lowest BCUT2D eigenvalue weighted by molar-refractivity contribution is 0.597. The lowest BCUT2D eigenvalue weighted by atomic mass is 10.4. The Balaban J connectivity index is 2.28. The van der Waals surface area contributed by atoms with Crippen molar-refractivity contribution in [1.82, 2.24) is 15.2 Å². The third-order valence-electron chi connectivity index (χ3n) is 2.01. The number of hydrogen-bond donors (Lipinski definition) is 2. The first-order chi connectivity index (χ1) is 7.49. The van der Waals surface area contributed by atoms with Gasteiger partial charge in [0.05, 0.1) is 11.9 Å². The molecule has 0 aliphatic rings. The molecule has 16 heavy (non-hydrogen) atoms. The summed E-state index contributed by atoms with van der Waals surface area (Å²) in [4.78, 5) is 5.09. The van der Waals surface area contributed by atoms with Crippen molar-refractivity contribution in [3.63, 3.8) is 0 Å². The predicted octanol–water partition coefficient (Wildman–Crippen LogP) is 1.28. The minimum Gasteiger partial charge on any atom is -0.266 e. The largest absolute Gasteiger partial charge is 0.280 e. The van der Waals surface area contributed by atoms with Crippen molar-refractivity contribution in [3.05, 3.63) is 22.8 Å². The highest BCUT2D eigenvalue weighted by molar-refractivity contribution is 7.92. The second-order valence-corrected chi connectivity index (χ2v) is 6.04. The molecule has 0 aliphatic heterocycles. The zero-order valence-corrected chi connectivity index (χ0v) is 10.3. The lowest BCUT2D eigenvalue weighted by Crippen LogP contribution is -2.13. The summed E-state index contributed by atoms with van der Waals surface area (Å²) in [7, 11) is -3.59. The van der Waals surface area contributed by atoms with Gasteiger partial charge in [-0.05, 0) is 19.9 Å². The number of nitrogens with zero attached hydrogens (tertiary/aromatic N) is 2. The van der Waals surface area contributed by atoms with Crippen LogP contribution in [0.1, 0.15) is 10.6 Å². The van der Waals surface area contributed by atoms with Crippen LogP contribution in [-0.4, -0.2) is 23.6 Å². The predicted molar refractivity (Wildman–Crippen MR) is 61.0 cm³/mol. The van der Waals surface area contributed by atoms with Crippen LogP contribution >= 0.6 is 11.3 Å². The van der Waals surface area contributed by atoms with Gasteiger partial charge in [-0.15, -0.1) is 11.3 Å². The fourth-order valence-electron chi connectivity index (χ4n) is 1.08. The molecular weight excluding hydrogens is 248 g/mol. The van der Waals surface area contributed by atoms with E-state index in [0.29, 0.717) is 5.13 Å². The SMILES string of the molecule is Cc1nc(NS(=O)(=O)c2ccn[nH]2)sc1C. The Bertz CT molecular complexity index is 566. The van der Waals surface area contributed by atoms with E-state index in [1.54, 1.807) is 0 Å². The van der Waals surface area contributed by atoms with Crippen molar-refractivity contribution >= 4 is 26.5 Å². The molecule has 0 atom stereocenters. The van der Waals surface area contributed by atoms with Crippen molar-refractivity contribution < 1.29 is 8.42 Å². The summed E-state index contributed by atoms with van der Waals surface area (Å²) in [5.74, 6) is 0. The van der Waals surface area contributed by atoms with E-state index < -0.39 is 10.0 Å². The fraction of sp³-hybridized carbons (Fsp3) is 0.250. The first-order valence-electron chi connectivity index (χ1n) is 4.45. The molecule has 2 aromatic heterocycles. The van der Waals surface area contributed by atoms with Gasteiger partial charge in [0.1, 0.15) is 0 Å². The Morgan fingerprint density at radius 3 is 2.69 bits per heavy atom. The van der Waals surface area contributed by atoms with Crippen molar-refractivity contribution in [2.45, 2.75) is 18.9 Å². The molecule has 0 amide bonds. The van der Waals surface area contributed by atoms with E-state index in [1.807, 2.05) is 13.8 Å². The average Bonchev–Trinajstić information content (AvgIpc) is 2.77. The molecule has 0 saturated carbocycles. The Morgan fingerprint density at radius 1 is 1.44 bits per heavy atom. The minimum atomic E-state index is -3.59. The van der Waals surface area contributed by atoms with Gasteiger partial charge in [-0.2, -0.15) is 13.5 Å². The highest BCUT2D eigenvalue weighted by Gasteiger charge is 2.17. The maximum absolute atomic E-state index is 11.8. The number of aromatic nitrogens is 3. The number of aryl methyl sites for hydroxylation is 2. The van der Waals surface area contributed by atoms with Crippen molar-refractivity contribution in [2.24, 2.45) is 0 Å². The molecule has 0 unspecified atom stereocenters. The van der Waals surface area contributed by atoms with E-state index in [2.05, 4.69) is 19.9 Å². The molecule has 0 saturated heterocycles. The van der Waals surface area contributed by atoms with E-state index in [1.165, 1.54) is 23.6 Å². The lowest BCUT2D eigenvalue weighted by Gasteiger charge is -2.00. The summed E-state index contributed by atoms with van der Waals surface area (Å²) < 4.78 is 25.9. The van der Waals surface area contributed by atoms with Crippen LogP contribution in [0.5, 0.6) is 0 Å². The van der Waals surface area contributed by atoms with Crippen molar-refractivity contribution in [1.29, 1.82) is 0 Å². The zero-order chi connectivity index (χ0) is 11.8. The Labute approximate surface area is 96.8 Å². The molecule has 0 aliphatic carbocycles. The smallest absolute Gasteiger partial charge is 0.266 e. The van der Waals surface area contributed by atoms with E-state index in [9.17, 15) is 8.42 Å². The normalized spacial score (nSPS) is 11.6. The number of anilines is 1. The Kier molecular flexibility index (Phi) is 2.68. The Hall–Kier alpha value is -1.41. The molecule has 2 aromatic rings. The van der Waals surface area contributed by atoms with Crippen LogP contribution in [0.2, 0.25) is 0 Å². The number of sulfonamides is 1. The third kappa shape index (κ3) is 2.07. The molecule has 8 heteroatoms. The molecule has 0 radical (unpaired) electrons. The highest BCUT2D eigenvalue weighted by atomic mass is 32.2. The van der Waals surface area contributed by atoms with Gasteiger partial charge >= 0.3 is 0 Å². The highest BCUT2D eigenvalue weighted by Crippen LogP contribution is 2.23. The number of aromatic amines is 1. The van der Waals surface area contributed by atoms with Crippen LogP contribution < -0.4 is 4.72 Å². The van der Waals surface area contributed by atoms with Gasteiger partial charge in [-0.25, -0.2) is 4.98 Å². The number of H-pyrrole nitrogens is 1. The van der Waals surface area contributed by atoms with Crippen LogP contribution in [-0.2, 0) is 10.0 Å². The number of hydrogen-bond acceptors (Lipinski definition) is 5. The molecule has 2 N–H and O–H groups in total. The van der Waals surface area contributed by atoms with Crippen molar-refractivity contribution in [2.75, 3.05) is 4.72 Å². The summed E-state index contributed by atoms with van der Waals surface area (Å²) in [6, 6.07) is 1.38. The second kappa shape index (κ2) is 3.87. The summed E-state index contributed by atoms with van der Waals surface area (Å²) in [5.41, 5.74) is 0.826. The van der Waals surface area contributed by atoms with Gasteiger partial charge in [0.2, 0.25) is 0 Å². The number of nitrogens with one attached hydrogen (secondary N) is 2. The van der Waals surface area contributed by atoms with Gasteiger partial charge < -0.3 is 0 Å². The van der Waals surface area contributed by atoms with Gasteiger partial charge in [-0.1, -0.05) is 0 Å². The average molecular weight is 258 g/mol. The third-order valence-corrected chi connectivity index (χ3v) is 4.40. The summed E-state index contributed by atoms with van der Waals surface area (Å²) in [6.07, 6.45) is 1.38. The molecule has 0 bridgehead atoms. The van der Waals surface area contributed by atoms with Gasteiger partial charge in [0.15, 0.2) is 10.2 Å². The number of rotatable bonds is 3. The van der Waals surface area contributed by atoms with Crippen LogP contribution in [0.15, 0.2) is 17.3 Å². The molecule has 0 fully saturated rings. The van der Waals surface area contributed by atoms with E-state index >= 15 is 0 Å². The summed E-state index contributed by atoms with van der Waals surface area (Å²) in [5, 5.41) is 6.38. The minimum absolute atomic E-state index is 0.0259. The monoisotopic (exact) mass is 258 g/mol. The first-order valence-corrected chi connectivity index (χ1v) is 6.75. The zero-order valence-electron chi connectivity index (χ0n) is 8.68. The van der Waals surface area contributed by atoms with Crippen LogP contribution in [0.3, 0.4) is 0 Å². The maximum atomic E-state index is 11.8. The van der Waals surface area contributed by atoms with Crippen LogP contribution in [0, 0.1) is 13.8 Å². The van der Waals surface area contributed by atoms with Gasteiger partial charge in [0, 0.05) is 4.88 Å². The molecule has 0 spiro atoms. The second-order valence-electron chi connectivity index (χ2n) is 3.19. The quantitative estimate of drug-likeness (QED) is 0.868. The van der Waals surface area contributed by atoms with Crippen LogP contribution in [0.4, 0.5) is 5.13 Å². The molecule has 2 rings (SSSR count). The molecule has 0 aromatic carbocycles. The molecule has 6 nitrogen and oxygen atoms in total. The fourth-order valence-corrected chi connectivity index (χ4v) is 3.04. The van der Waals surface area contributed by atoms with Crippen LogP contribution in [0.25, 0.3) is 0 Å². The Morgan fingerprint density at radius 2 is 2.19 bits per heavy atom. The topological polar surface area (TPSA) is 87.7 Å². The first kappa shape index (κ1) is 11.1. The molecule has 86 valence electrons. The maximum Gasteiger partial charge on any atom is 0.280 e. The number of thiazole rings is 1. The van der Waals surface area contributed by atoms with Crippen molar-refractivity contribution in [3.8, 4) is 0 Å². The van der Waals surface area contributed by atoms with Gasteiger partial charge in [0.25, 0.3) is 10.0 Å². The molecule has 2 heterocycles. The summed E-state index contributed by atoms with van der Waals surface area (Å²) >= 11 is 1.30. The standard InChI is InChI=1S/C8H10N4O2S2/c1-5-6(2)15-8(10-5)12-16(13,14)7-3-4-9-11-7/h3-4H,1-2H3,(H,9,11)(H,10,12). The summed E-state index contributed by atoms with van der Waals surface area (Å²) in [6.45, 7) is 3.72. The van der Waals surface area contributed by atoms with E-state index in [-0.39, 0.29) is 5.03 Å². The van der Waals surface area contributed by atoms with E-state index in [0.717, 1.165) is 10.6 Å².